The summed E-state index contributed by atoms with van der Waals surface area (Å²) in [5.41, 5.74) is 1.92. The van der Waals surface area contributed by atoms with Gasteiger partial charge in [0.1, 0.15) is 10.8 Å². The molecule has 24 heavy (non-hydrogen) atoms. The number of amides is 1. The van der Waals surface area contributed by atoms with Gasteiger partial charge in [0.15, 0.2) is 0 Å². The highest BCUT2D eigenvalue weighted by atomic mass is 32.1. The Hall–Kier alpha value is -2.47. The van der Waals surface area contributed by atoms with E-state index in [4.69, 9.17) is 0 Å². The van der Waals surface area contributed by atoms with E-state index >= 15 is 0 Å². The minimum absolute atomic E-state index is 0.0356. The summed E-state index contributed by atoms with van der Waals surface area (Å²) in [7, 11) is 0. The largest absolute Gasteiger partial charge is 0.351 e. The molecule has 0 unspecified atom stereocenters. The topological polar surface area (TPSA) is 59.8 Å². The zero-order chi connectivity index (χ0) is 16.4. The molecule has 0 saturated heterocycles. The van der Waals surface area contributed by atoms with E-state index in [-0.39, 0.29) is 11.9 Å². The van der Waals surface area contributed by atoms with E-state index in [2.05, 4.69) is 19.9 Å². The Kier molecular flexibility index (Phi) is 4.13. The maximum Gasteiger partial charge on any atom is 0.226 e. The first kappa shape index (κ1) is 15.1. The van der Waals surface area contributed by atoms with Crippen LogP contribution < -0.4 is 5.32 Å². The van der Waals surface area contributed by atoms with Crippen molar-refractivity contribution in [2.45, 2.75) is 31.8 Å². The predicted octanol–water partition coefficient (Wildman–Crippen LogP) is 2.68. The maximum atomic E-state index is 12.3. The van der Waals surface area contributed by atoms with Gasteiger partial charge in [-0.3, -0.25) is 4.79 Å². The second-order valence-electron chi connectivity index (χ2n) is 5.99. The number of thiazole rings is 1. The third-order valence-corrected chi connectivity index (χ3v) is 5.15. The van der Waals surface area contributed by atoms with Crippen molar-refractivity contribution in [3.63, 3.8) is 0 Å². The van der Waals surface area contributed by atoms with Crippen molar-refractivity contribution in [3.05, 3.63) is 59.6 Å². The molecule has 0 fully saturated rings. The Labute approximate surface area is 144 Å². The summed E-state index contributed by atoms with van der Waals surface area (Å²) in [5, 5.41) is 6.05. The molecule has 1 aliphatic heterocycles. The number of rotatable bonds is 4. The third kappa shape index (κ3) is 3.23. The number of hydrogen-bond donors (Lipinski definition) is 1. The molecule has 0 saturated carbocycles. The average molecular weight is 338 g/mol. The quantitative estimate of drug-likeness (QED) is 0.796. The fourth-order valence-electron chi connectivity index (χ4n) is 3.03. The first-order valence-corrected chi connectivity index (χ1v) is 8.95. The average Bonchev–Trinajstić information content (AvgIpc) is 3.24. The van der Waals surface area contributed by atoms with Crippen LogP contribution in [0, 0.1) is 0 Å². The van der Waals surface area contributed by atoms with E-state index in [1.165, 1.54) is 0 Å². The Morgan fingerprint density at radius 2 is 2.21 bits per heavy atom. The number of aromatic nitrogens is 3. The Balaban J connectivity index is 1.36. The van der Waals surface area contributed by atoms with Gasteiger partial charge in [-0.1, -0.05) is 30.3 Å². The molecule has 4 rings (SSSR count). The van der Waals surface area contributed by atoms with Crippen LogP contribution in [-0.4, -0.2) is 26.5 Å². The lowest BCUT2D eigenvalue weighted by Gasteiger charge is -2.24. The molecular formula is C18H18N4OS. The molecule has 5 nitrogen and oxygen atoms in total. The van der Waals surface area contributed by atoms with Crippen molar-refractivity contribution in [2.75, 3.05) is 0 Å². The van der Waals surface area contributed by atoms with Crippen LogP contribution in [0.4, 0.5) is 0 Å². The molecule has 0 radical (unpaired) electrons. The Bertz CT molecular complexity index is 840. The zero-order valence-electron chi connectivity index (χ0n) is 13.2. The molecular weight excluding hydrogens is 320 g/mol. The molecule has 2 aromatic heterocycles. The van der Waals surface area contributed by atoms with Gasteiger partial charge in [-0.2, -0.15) is 0 Å². The number of imidazole rings is 1. The molecule has 1 N–H and O–H groups in total. The third-order valence-electron chi connectivity index (χ3n) is 4.21. The molecule has 0 bridgehead atoms. The number of benzene rings is 1. The van der Waals surface area contributed by atoms with Gasteiger partial charge in [0.2, 0.25) is 5.91 Å². The number of carbonyl (C=O) groups is 1. The normalized spacial score (nSPS) is 16.6. The van der Waals surface area contributed by atoms with Crippen molar-refractivity contribution in [1.82, 2.24) is 19.9 Å². The van der Waals surface area contributed by atoms with Gasteiger partial charge in [0.25, 0.3) is 0 Å². The second kappa shape index (κ2) is 6.57. The van der Waals surface area contributed by atoms with E-state index in [1.807, 2.05) is 48.1 Å². The van der Waals surface area contributed by atoms with Crippen molar-refractivity contribution >= 4 is 17.2 Å². The Morgan fingerprint density at radius 3 is 3.08 bits per heavy atom. The van der Waals surface area contributed by atoms with Gasteiger partial charge >= 0.3 is 0 Å². The summed E-state index contributed by atoms with van der Waals surface area (Å²) in [6, 6.07) is 10.2. The van der Waals surface area contributed by atoms with Gasteiger partial charge in [0.05, 0.1) is 12.1 Å². The smallest absolute Gasteiger partial charge is 0.226 e. The SMILES string of the molecule is O=C(Cc1csc(-c2ccccc2)n1)N[C@@H]1CCc2nccn2C1. The van der Waals surface area contributed by atoms with E-state index in [1.54, 1.807) is 11.3 Å². The molecule has 0 spiro atoms. The second-order valence-corrected chi connectivity index (χ2v) is 6.84. The van der Waals surface area contributed by atoms with E-state index in [0.717, 1.165) is 41.5 Å². The van der Waals surface area contributed by atoms with E-state index in [0.29, 0.717) is 6.42 Å². The van der Waals surface area contributed by atoms with Gasteiger partial charge < -0.3 is 9.88 Å². The molecule has 0 aliphatic carbocycles. The van der Waals surface area contributed by atoms with Gasteiger partial charge in [-0.25, -0.2) is 9.97 Å². The van der Waals surface area contributed by atoms with Gasteiger partial charge in [-0.05, 0) is 6.42 Å². The van der Waals surface area contributed by atoms with Crippen molar-refractivity contribution in [1.29, 1.82) is 0 Å². The first-order chi connectivity index (χ1) is 11.8. The summed E-state index contributed by atoms with van der Waals surface area (Å²) in [6.07, 6.45) is 5.97. The monoisotopic (exact) mass is 338 g/mol. The summed E-state index contributed by atoms with van der Waals surface area (Å²) in [5.74, 6) is 1.14. The summed E-state index contributed by atoms with van der Waals surface area (Å²) in [6.45, 7) is 0.799. The van der Waals surface area contributed by atoms with Crippen LogP contribution in [0.3, 0.4) is 0 Å². The number of nitrogens with zero attached hydrogens (tertiary/aromatic N) is 3. The number of nitrogens with one attached hydrogen (secondary N) is 1. The van der Waals surface area contributed by atoms with Crippen LogP contribution >= 0.6 is 11.3 Å². The van der Waals surface area contributed by atoms with E-state index in [9.17, 15) is 4.79 Å². The minimum Gasteiger partial charge on any atom is -0.351 e. The van der Waals surface area contributed by atoms with Crippen LogP contribution in [0.5, 0.6) is 0 Å². The van der Waals surface area contributed by atoms with Gasteiger partial charge in [0, 0.05) is 42.3 Å². The lowest BCUT2D eigenvalue weighted by Crippen LogP contribution is -2.41. The summed E-state index contributed by atoms with van der Waals surface area (Å²) in [4.78, 5) is 21.2. The van der Waals surface area contributed by atoms with Crippen LogP contribution in [-0.2, 0) is 24.2 Å². The summed E-state index contributed by atoms with van der Waals surface area (Å²) < 4.78 is 2.12. The standard InChI is InChI=1S/C18H18N4OS/c23-17(20-14-6-7-16-19-8-9-22(16)11-14)10-15-12-24-18(21-15)13-4-2-1-3-5-13/h1-5,8-9,12,14H,6-7,10-11H2,(H,20,23)/t14-/m1/s1. The lowest BCUT2D eigenvalue weighted by molar-refractivity contribution is -0.121. The van der Waals surface area contributed by atoms with E-state index < -0.39 is 0 Å². The molecule has 1 aliphatic rings. The molecule has 1 aromatic carbocycles. The minimum atomic E-state index is 0.0356. The number of fused-ring (bicyclic) bond motifs is 1. The van der Waals surface area contributed by atoms with Crippen LogP contribution in [0.2, 0.25) is 0 Å². The molecule has 3 heterocycles. The molecule has 3 aromatic rings. The molecule has 1 atom stereocenters. The van der Waals surface area contributed by atoms with Crippen molar-refractivity contribution in [2.24, 2.45) is 0 Å². The summed E-state index contributed by atoms with van der Waals surface area (Å²) >= 11 is 1.58. The lowest BCUT2D eigenvalue weighted by atomic mass is 10.1. The molecule has 122 valence electrons. The fourth-order valence-corrected chi connectivity index (χ4v) is 3.85. The highest BCUT2D eigenvalue weighted by molar-refractivity contribution is 7.13. The van der Waals surface area contributed by atoms with Gasteiger partial charge in [-0.15, -0.1) is 11.3 Å². The first-order valence-electron chi connectivity index (χ1n) is 8.07. The van der Waals surface area contributed by atoms with Crippen molar-refractivity contribution in [3.8, 4) is 10.6 Å². The highest BCUT2D eigenvalue weighted by Gasteiger charge is 2.20. The zero-order valence-corrected chi connectivity index (χ0v) is 14.0. The highest BCUT2D eigenvalue weighted by Crippen LogP contribution is 2.23. The van der Waals surface area contributed by atoms with Crippen molar-refractivity contribution < 1.29 is 4.79 Å². The van der Waals surface area contributed by atoms with Crippen LogP contribution in [0.25, 0.3) is 10.6 Å². The van der Waals surface area contributed by atoms with Crippen LogP contribution in [0.15, 0.2) is 48.1 Å². The number of hydrogen-bond acceptors (Lipinski definition) is 4. The fraction of sp³-hybridized carbons (Fsp3) is 0.278. The molecule has 1 amide bonds. The molecule has 6 heteroatoms. The van der Waals surface area contributed by atoms with Crippen LogP contribution in [0.1, 0.15) is 17.9 Å². The number of aryl methyl sites for hydroxylation is 1. The Morgan fingerprint density at radius 1 is 1.33 bits per heavy atom. The maximum absolute atomic E-state index is 12.3. The number of carbonyl (C=O) groups excluding carboxylic acids is 1. The predicted molar refractivity (Wildman–Crippen MR) is 93.7 cm³/mol.